The number of aromatic nitrogens is 4. The highest BCUT2D eigenvalue weighted by atomic mass is 19.4. The molecule has 1 aliphatic rings. The third-order valence-electron chi connectivity index (χ3n) is 4.58. The van der Waals surface area contributed by atoms with Crippen LogP contribution in [0.4, 0.5) is 30.5 Å². The van der Waals surface area contributed by atoms with Gasteiger partial charge in [-0.2, -0.15) is 13.2 Å². The van der Waals surface area contributed by atoms with Gasteiger partial charge < -0.3 is 15.0 Å². The number of hydrogen-bond donors (Lipinski definition) is 1. The molecule has 0 aliphatic carbocycles. The predicted octanol–water partition coefficient (Wildman–Crippen LogP) is 3.84. The van der Waals surface area contributed by atoms with E-state index in [2.05, 4.69) is 30.2 Å². The van der Waals surface area contributed by atoms with E-state index in [1.165, 1.54) is 6.20 Å². The summed E-state index contributed by atoms with van der Waals surface area (Å²) in [5.41, 5.74) is 0.414. The average molecular weight is 416 g/mol. The van der Waals surface area contributed by atoms with Gasteiger partial charge in [0, 0.05) is 25.4 Å². The van der Waals surface area contributed by atoms with Crippen molar-refractivity contribution in [1.82, 2.24) is 19.9 Å². The van der Waals surface area contributed by atoms with Crippen LogP contribution in [0.1, 0.15) is 11.4 Å². The Morgan fingerprint density at radius 3 is 2.50 bits per heavy atom. The van der Waals surface area contributed by atoms with Gasteiger partial charge in [0.15, 0.2) is 11.5 Å². The predicted molar refractivity (Wildman–Crippen MR) is 106 cm³/mol. The molecule has 3 aromatic rings. The molecule has 0 unspecified atom stereocenters. The van der Waals surface area contributed by atoms with Crippen LogP contribution in [0.25, 0.3) is 11.5 Å². The standard InChI is InChI=1S/C20H19F3N6O/c1-13-14(5-6-18(25-13)29-8-10-30-11-9-29)26-17-12-16(20(21,22)23)27-19(28-17)15-4-2-3-7-24-15/h2-7,12H,8-11H2,1H3,(H,26,27,28). The van der Waals surface area contributed by atoms with E-state index in [1.54, 1.807) is 31.2 Å². The van der Waals surface area contributed by atoms with Crippen molar-refractivity contribution in [2.75, 3.05) is 36.5 Å². The molecule has 4 heterocycles. The maximum absolute atomic E-state index is 13.4. The number of aryl methyl sites for hydroxylation is 1. The Morgan fingerprint density at radius 1 is 1.03 bits per heavy atom. The third kappa shape index (κ3) is 4.48. The van der Waals surface area contributed by atoms with E-state index in [1.807, 2.05) is 6.07 Å². The summed E-state index contributed by atoms with van der Waals surface area (Å²) in [6.07, 6.45) is -3.14. The number of rotatable bonds is 4. The zero-order valence-electron chi connectivity index (χ0n) is 16.1. The van der Waals surface area contributed by atoms with Crippen molar-refractivity contribution in [2.24, 2.45) is 0 Å². The SMILES string of the molecule is Cc1nc(N2CCOCC2)ccc1Nc1cc(C(F)(F)F)nc(-c2ccccn2)n1. The highest BCUT2D eigenvalue weighted by Gasteiger charge is 2.34. The Kier molecular flexibility index (Phi) is 5.49. The lowest BCUT2D eigenvalue weighted by Gasteiger charge is -2.28. The number of hydrogen-bond acceptors (Lipinski definition) is 7. The summed E-state index contributed by atoms with van der Waals surface area (Å²) in [4.78, 5) is 18.6. The number of nitrogens with one attached hydrogen (secondary N) is 1. The Morgan fingerprint density at radius 2 is 1.83 bits per heavy atom. The summed E-state index contributed by atoms with van der Waals surface area (Å²) >= 11 is 0. The number of ether oxygens (including phenoxy) is 1. The van der Waals surface area contributed by atoms with Crippen molar-refractivity contribution in [1.29, 1.82) is 0 Å². The minimum atomic E-state index is -4.61. The Labute approximate surface area is 171 Å². The largest absolute Gasteiger partial charge is 0.433 e. The maximum atomic E-state index is 13.4. The lowest BCUT2D eigenvalue weighted by atomic mass is 10.2. The van der Waals surface area contributed by atoms with Gasteiger partial charge in [-0.1, -0.05) is 6.07 Å². The van der Waals surface area contributed by atoms with Gasteiger partial charge in [0.1, 0.15) is 17.3 Å². The Balaban J connectivity index is 1.65. The van der Waals surface area contributed by atoms with Crippen LogP contribution in [0.5, 0.6) is 0 Å². The highest BCUT2D eigenvalue weighted by molar-refractivity contribution is 5.63. The molecule has 10 heteroatoms. The van der Waals surface area contributed by atoms with Gasteiger partial charge in [0.25, 0.3) is 0 Å². The van der Waals surface area contributed by atoms with Gasteiger partial charge in [0.05, 0.1) is 24.6 Å². The first-order valence-corrected chi connectivity index (χ1v) is 9.35. The minimum Gasteiger partial charge on any atom is -0.378 e. The fraction of sp³-hybridized carbons (Fsp3) is 0.300. The van der Waals surface area contributed by atoms with Crippen molar-refractivity contribution >= 4 is 17.3 Å². The Hall–Kier alpha value is -3.27. The summed E-state index contributed by atoms with van der Waals surface area (Å²) in [7, 11) is 0. The normalized spacial score (nSPS) is 14.6. The van der Waals surface area contributed by atoms with Crippen molar-refractivity contribution in [2.45, 2.75) is 13.1 Å². The molecule has 3 aromatic heterocycles. The smallest absolute Gasteiger partial charge is 0.378 e. The monoisotopic (exact) mass is 416 g/mol. The number of nitrogens with zero attached hydrogens (tertiary/aromatic N) is 5. The van der Waals surface area contributed by atoms with E-state index in [0.717, 1.165) is 25.0 Å². The molecule has 30 heavy (non-hydrogen) atoms. The molecule has 0 radical (unpaired) electrons. The second kappa shape index (κ2) is 8.23. The van der Waals surface area contributed by atoms with Crippen LogP contribution >= 0.6 is 0 Å². The zero-order valence-corrected chi connectivity index (χ0v) is 16.1. The van der Waals surface area contributed by atoms with Crippen LogP contribution in [0, 0.1) is 6.92 Å². The molecule has 156 valence electrons. The summed E-state index contributed by atoms with van der Waals surface area (Å²) in [5, 5.41) is 2.94. The summed E-state index contributed by atoms with van der Waals surface area (Å²) < 4.78 is 45.5. The van der Waals surface area contributed by atoms with Crippen LogP contribution in [0.15, 0.2) is 42.6 Å². The van der Waals surface area contributed by atoms with Crippen LogP contribution in [0.3, 0.4) is 0 Å². The first kappa shape index (κ1) is 20.0. The number of anilines is 3. The quantitative estimate of drug-likeness (QED) is 0.693. The highest BCUT2D eigenvalue weighted by Crippen LogP contribution is 2.31. The second-order valence-electron chi connectivity index (χ2n) is 6.70. The zero-order chi connectivity index (χ0) is 21.1. The van der Waals surface area contributed by atoms with E-state index in [-0.39, 0.29) is 17.3 Å². The number of alkyl halides is 3. The van der Waals surface area contributed by atoms with Crippen LogP contribution in [0.2, 0.25) is 0 Å². The van der Waals surface area contributed by atoms with Crippen molar-refractivity contribution in [3.05, 3.63) is 54.0 Å². The van der Waals surface area contributed by atoms with Gasteiger partial charge in [0.2, 0.25) is 0 Å². The Bertz CT molecular complexity index is 1020. The summed E-state index contributed by atoms with van der Waals surface area (Å²) in [6.45, 7) is 4.55. The molecular formula is C20H19F3N6O. The summed E-state index contributed by atoms with van der Waals surface area (Å²) in [5.74, 6) is 0.708. The molecule has 7 nitrogen and oxygen atoms in total. The van der Waals surface area contributed by atoms with Gasteiger partial charge in [-0.05, 0) is 31.2 Å². The first-order valence-electron chi connectivity index (χ1n) is 9.35. The third-order valence-corrected chi connectivity index (χ3v) is 4.58. The maximum Gasteiger partial charge on any atom is 0.433 e. The van der Waals surface area contributed by atoms with Gasteiger partial charge >= 0.3 is 6.18 Å². The fourth-order valence-corrected chi connectivity index (χ4v) is 3.05. The molecule has 0 spiro atoms. The van der Waals surface area contributed by atoms with Crippen molar-refractivity contribution in [3.63, 3.8) is 0 Å². The second-order valence-corrected chi connectivity index (χ2v) is 6.70. The molecule has 0 saturated carbocycles. The molecule has 4 rings (SSSR count). The molecule has 0 aromatic carbocycles. The van der Waals surface area contributed by atoms with E-state index in [9.17, 15) is 13.2 Å². The molecule has 1 fully saturated rings. The van der Waals surface area contributed by atoms with E-state index >= 15 is 0 Å². The average Bonchev–Trinajstić information content (AvgIpc) is 2.75. The van der Waals surface area contributed by atoms with Gasteiger partial charge in [-0.25, -0.2) is 15.0 Å². The molecule has 1 N–H and O–H groups in total. The van der Waals surface area contributed by atoms with E-state index < -0.39 is 11.9 Å². The number of pyridine rings is 2. The fourth-order valence-electron chi connectivity index (χ4n) is 3.05. The van der Waals surface area contributed by atoms with Crippen molar-refractivity contribution in [3.8, 4) is 11.5 Å². The van der Waals surface area contributed by atoms with Gasteiger partial charge in [-0.15, -0.1) is 0 Å². The van der Waals surface area contributed by atoms with E-state index in [0.29, 0.717) is 24.6 Å². The molecule has 0 amide bonds. The first-order chi connectivity index (χ1) is 14.4. The minimum absolute atomic E-state index is 0.0157. The number of halogens is 3. The topological polar surface area (TPSA) is 76.1 Å². The molecule has 1 aliphatic heterocycles. The van der Waals surface area contributed by atoms with Crippen LogP contribution in [-0.4, -0.2) is 46.2 Å². The molecule has 0 atom stereocenters. The molecule has 1 saturated heterocycles. The van der Waals surface area contributed by atoms with Crippen LogP contribution in [-0.2, 0) is 10.9 Å². The van der Waals surface area contributed by atoms with Crippen molar-refractivity contribution < 1.29 is 17.9 Å². The molecule has 0 bridgehead atoms. The van der Waals surface area contributed by atoms with E-state index in [4.69, 9.17) is 4.74 Å². The lowest BCUT2D eigenvalue weighted by molar-refractivity contribution is -0.141. The van der Waals surface area contributed by atoms with Gasteiger partial charge in [-0.3, -0.25) is 4.98 Å². The number of morpholine rings is 1. The lowest BCUT2D eigenvalue weighted by Crippen LogP contribution is -2.36. The van der Waals surface area contributed by atoms with Crippen LogP contribution < -0.4 is 10.2 Å². The molecular weight excluding hydrogens is 397 g/mol. The summed E-state index contributed by atoms with van der Waals surface area (Å²) in [6, 6.07) is 9.37.